The Hall–Kier alpha value is -0.910. The zero-order valence-corrected chi connectivity index (χ0v) is 11.8. The van der Waals surface area contributed by atoms with Crippen LogP contribution >= 0.6 is 11.3 Å². The first kappa shape index (κ1) is 13.1. The predicted octanol–water partition coefficient (Wildman–Crippen LogP) is 1.75. The van der Waals surface area contributed by atoms with Gasteiger partial charge in [0.05, 0.1) is 5.54 Å². The minimum Gasteiger partial charge on any atom is -0.381 e. The fourth-order valence-electron chi connectivity index (χ4n) is 2.57. The van der Waals surface area contributed by atoms with Gasteiger partial charge in [-0.3, -0.25) is 4.79 Å². The Kier molecular flexibility index (Phi) is 3.60. The molecule has 2 aliphatic rings. The van der Waals surface area contributed by atoms with Gasteiger partial charge in [-0.25, -0.2) is 0 Å². The zero-order valence-electron chi connectivity index (χ0n) is 11.0. The molecule has 3 rings (SSSR count). The van der Waals surface area contributed by atoms with E-state index < -0.39 is 5.54 Å². The Balaban J connectivity index is 1.74. The lowest BCUT2D eigenvalue weighted by molar-refractivity contribution is -0.141. The Morgan fingerprint density at radius 2 is 2.21 bits per heavy atom. The summed E-state index contributed by atoms with van der Waals surface area (Å²) < 4.78 is 5.33. The van der Waals surface area contributed by atoms with E-state index in [1.807, 2.05) is 4.90 Å². The summed E-state index contributed by atoms with van der Waals surface area (Å²) in [6.45, 7) is 1.89. The number of thiophene rings is 1. The normalized spacial score (nSPS) is 22.2. The molecule has 104 valence electrons. The van der Waals surface area contributed by atoms with Crippen LogP contribution in [-0.4, -0.2) is 35.6 Å². The lowest BCUT2D eigenvalue weighted by Crippen LogP contribution is -2.58. The van der Waals surface area contributed by atoms with E-state index in [1.54, 1.807) is 11.3 Å². The molecule has 4 nitrogen and oxygen atoms in total. The highest BCUT2D eigenvalue weighted by Gasteiger charge is 2.43. The zero-order chi connectivity index (χ0) is 13.3. The number of carbonyl (C=O) groups is 1. The topological polar surface area (TPSA) is 55.6 Å². The van der Waals surface area contributed by atoms with Crippen LogP contribution in [0.4, 0.5) is 0 Å². The molecular formula is C14H20N2O2S. The molecule has 1 saturated heterocycles. The fraction of sp³-hybridized carbons (Fsp3) is 0.643. The van der Waals surface area contributed by atoms with Gasteiger partial charge in [0, 0.05) is 25.8 Å². The molecule has 2 heterocycles. The third-order valence-electron chi connectivity index (χ3n) is 3.99. The van der Waals surface area contributed by atoms with Crippen molar-refractivity contribution in [3.8, 4) is 0 Å². The van der Waals surface area contributed by atoms with E-state index in [0.29, 0.717) is 38.6 Å². The van der Waals surface area contributed by atoms with Crippen LogP contribution in [0.25, 0.3) is 0 Å². The predicted molar refractivity (Wildman–Crippen MR) is 74.9 cm³/mol. The lowest BCUT2D eigenvalue weighted by Gasteiger charge is -2.37. The van der Waals surface area contributed by atoms with Crippen molar-refractivity contribution in [3.63, 3.8) is 0 Å². The molecule has 5 heteroatoms. The highest BCUT2D eigenvalue weighted by Crippen LogP contribution is 2.32. The van der Waals surface area contributed by atoms with Gasteiger partial charge < -0.3 is 15.4 Å². The summed E-state index contributed by atoms with van der Waals surface area (Å²) in [5, 5.41) is 4.16. The molecule has 1 aromatic heterocycles. The summed E-state index contributed by atoms with van der Waals surface area (Å²) in [6, 6.07) is 2.48. The number of amides is 1. The van der Waals surface area contributed by atoms with Crippen LogP contribution in [0, 0.1) is 0 Å². The van der Waals surface area contributed by atoms with Crippen molar-refractivity contribution in [1.82, 2.24) is 4.90 Å². The number of hydrogen-bond acceptors (Lipinski definition) is 4. The molecule has 0 spiro atoms. The summed E-state index contributed by atoms with van der Waals surface area (Å²) in [5.41, 5.74) is 6.83. The molecule has 0 atom stereocenters. The van der Waals surface area contributed by atoms with Crippen LogP contribution in [0.15, 0.2) is 16.8 Å². The molecule has 1 saturated carbocycles. The molecule has 19 heavy (non-hydrogen) atoms. The van der Waals surface area contributed by atoms with Crippen LogP contribution in [0.1, 0.15) is 31.2 Å². The Morgan fingerprint density at radius 1 is 1.47 bits per heavy atom. The molecule has 0 aromatic carbocycles. The van der Waals surface area contributed by atoms with E-state index >= 15 is 0 Å². The molecule has 1 aliphatic heterocycles. The number of nitrogens with two attached hydrogens (primary N) is 1. The Labute approximate surface area is 117 Å². The van der Waals surface area contributed by atoms with E-state index in [-0.39, 0.29) is 5.91 Å². The van der Waals surface area contributed by atoms with E-state index in [4.69, 9.17) is 10.5 Å². The van der Waals surface area contributed by atoms with Gasteiger partial charge in [-0.2, -0.15) is 11.3 Å². The number of hydrogen-bond donors (Lipinski definition) is 1. The van der Waals surface area contributed by atoms with Crippen LogP contribution < -0.4 is 5.73 Å². The van der Waals surface area contributed by atoms with E-state index in [1.165, 1.54) is 5.56 Å². The van der Waals surface area contributed by atoms with Gasteiger partial charge in [-0.05, 0) is 48.1 Å². The molecular weight excluding hydrogens is 260 g/mol. The highest BCUT2D eigenvalue weighted by atomic mass is 32.1. The molecule has 2 fully saturated rings. The third-order valence-corrected chi connectivity index (χ3v) is 4.72. The average Bonchev–Trinajstić information content (AvgIpc) is 3.13. The van der Waals surface area contributed by atoms with Crippen LogP contribution in [0.5, 0.6) is 0 Å². The van der Waals surface area contributed by atoms with E-state index in [2.05, 4.69) is 16.8 Å². The van der Waals surface area contributed by atoms with Crippen molar-refractivity contribution in [1.29, 1.82) is 0 Å². The number of ether oxygens (including phenoxy) is 1. The van der Waals surface area contributed by atoms with Crippen LogP contribution in [0.3, 0.4) is 0 Å². The number of carbonyl (C=O) groups excluding carboxylic acids is 1. The van der Waals surface area contributed by atoms with Gasteiger partial charge in [0.15, 0.2) is 0 Å². The molecule has 2 N–H and O–H groups in total. The van der Waals surface area contributed by atoms with Crippen molar-refractivity contribution in [2.75, 3.05) is 13.2 Å². The smallest absolute Gasteiger partial charge is 0.243 e. The van der Waals surface area contributed by atoms with Crippen molar-refractivity contribution < 1.29 is 9.53 Å². The molecule has 0 bridgehead atoms. The molecule has 1 aromatic rings. The molecule has 0 unspecified atom stereocenters. The van der Waals surface area contributed by atoms with Crippen molar-refractivity contribution >= 4 is 17.2 Å². The standard InChI is InChI=1S/C14H20N2O2S/c15-14(4-6-18-7-5-14)13(17)16(12-1-2-12)9-11-3-8-19-10-11/h3,8,10,12H,1-2,4-7,9,15H2. The summed E-state index contributed by atoms with van der Waals surface area (Å²) in [7, 11) is 0. The van der Waals surface area contributed by atoms with Crippen molar-refractivity contribution in [2.45, 2.75) is 43.8 Å². The number of nitrogens with zero attached hydrogens (tertiary/aromatic N) is 1. The van der Waals surface area contributed by atoms with Gasteiger partial charge in [0.1, 0.15) is 0 Å². The van der Waals surface area contributed by atoms with Crippen molar-refractivity contribution in [2.24, 2.45) is 5.73 Å². The fourth-order valence-corrected chi connectivity index (χ4v) is 3.23. The SMILES string of the molecule is NC1(C(=O)N(Cc2ccsc2)C2CC2)CCOCC1. The lowest BCUT2D eigenvalue weighted by atomic mass is 9.89. The minimum atomic E-state index is -0.711. The summed E-state index contributed by atoms with van der Waals surface area (Å²) in [4.78, 5) is 14.8. The van der Waals surface area contributed by atoms with E-state index in [0.717, 1.165) is 12.8 Å². The third kappa shape index (κ3) is 2.83. The Bertz CT molecular complexity index is 436. The van der Waals surface area contributed by atoms with Gasteiger partial charge in [-0.1, -0.05) is 0 Å². The second kappa shape index (κ2) is 5.23. The van der Waals surface area contributed by atoms with Gasteiger partial charge in [-0.15, -0.1) is 0 Å². The monoisotopic (exact) mass is 280 g/mol. The van der Waals surface area contributed by atoms with Gasteiger partial charge in [0.2, 0.25) is 5.91 Å². The molecule has 1 aliphatic carbocycles. The number of rotatable bonds is 4. The largest absolute Gasteiger partial charge is 0.381 e. The van der Waals surface area contributed by atoms with Gasteiger partial charge >= 0.3 is 0 Å². The quantitative estimate of drug-likeness (QED) is 0.914. The summed E-state index contributed by atoms with van der Waals surface area (Å²) >= 11 is 1.67. The van der Waals surface area contributed by atoms with Crippen molar-refractivity contribution in [3.05, 3.63) is 22.4 Å². The minimum absolute atomic E-state index is 0.115. The Morgan fingerprint density at radius 3 is 2.79 bits per heavy atom. The van der Waals surface area contributed by atoms with Gasteiger partial charge in [0.25, 0.3) is 0 Å². The summed E-state index contributed by atoms with van der Waals surface area (Å²) in [6.07, 6.45) is 3.50. The maximum absolute atomic E-state index is 12.8. The first-order chi connectivity index (χ1) is 9.19. The first-order valence-electron chi connectivity index (χ1n) is 6.88. The van der Waals surface area contributed by atoms with Crippen LogP contribution in [-0.2, 0) is 16.1 Å². The molecule has 1 amide bonds. The first-order valence-corrected chi connectivity index (χ1v) is 7.82. The summed E-state index contributed by atoms with van der Waals surface area (Å²) in [5.74, 6) is 0.115. The molecule has 0 radical (unpaired) electrons. The second-order valence-corrected chi connectivity index (χ2v) is 6.34. The maximum Gasteiger partial charge on any atom is 0.243 e. The average molecular weight is 280 g/mol. The van der Waals surface area contributed by atoms with Crippen LogP contribution in [0.2, 0.25) is 0 Å². The maximum atomic E-state index is 12.8. The second-order valence-electron chi connectivity index (χ2n) is 5.56. The highest BCUT2D eigenvalue weighted by molar-refractivity contribution is 7.07. The van der Waals surface area contributed by atoms with E-state index in [9.17, 15) is 4.79 Å².